The van der Waals surface area contributed by atoms with Gasteiger partial charge in [0.25, 0.3) is 0 Å². The van der Waals surface area contributed by atoms with Crippen LogP contribution in [-0.4, -0.2) is 52.0 Å². The fourth-order valence-electron chi connectivity index (χ4n) is 5.64. The number of rotatable bonds is 6. The fraction of sp³-hybridized carbons (Fsp3) is 0.481. The lowest BCUT2D eigenvalue weighted by atomic mass is 9.89. The zero-order valence-electron chi connectivity index (χ0n) is 21.6. The molecule has 6 heterocycles. The normalized spacial score (nSPS) is 19.4. The van der Waals surface area contributed by atoms with Gasteiger partial charge in [0.15, 0.2) is 15.5 Å². The fourth-order valence-corrected chi connectivity index (χ4v) is 8.30. The summed E-state index contributed by atoms with van der Waals surface area (Å²) in [7, 11) is -3.63. The molecule has 0 aromatic carbocycles. The Morgan fingerprint density at radius 3 is 2.63 bits per heavy atom. The van der Waals surface area contributed by atoms with Crippen molar-refractivity contribution in [1.29, 1.82) is 0 Å². The van der Waals surface area contributed by atoms with Crippen LogP contribution in [0.4, 0.5) is 0 Å². The van der Waals surface area contributed by atoms with Crippen molar-refractivity contribution >= 4 is 31.4 Å². The van der Waals surface area contributed by atoms with Crippen molar-refractivity contribution in [3.05, 3.63) is 46.3 Å². The summed E-state index contributed by atoms with van der Waals surface area (Å²) in [5.41, 5.74) is 3.74. The molecule has 9 nitrogen and oxygen atoms in total. The summed E-state index contributed by atoms with van der Waals surface area (Å²) < 4.78 is 41.8. The smallest absolute Gasteiger partial charge is 0.250 e. The van der Waals surface area contributed by atoms with E-state index in [-0.39, 0.29) is 28.4 Å². The molecule has 0 bridgehead atoms. The highest BCUT2D eigenvalue weighted by atomic mass is 79.9. The third-order valence-electron chi connectivity index (χ3n) is 7.68. The second-order valence-corrected chi connectivity index (χ2v) is 13.4. The summed E-state index contributed by atoms with van der Waals surface area (Å²) in [5.74, 6) is 1.15. The molecule has 1 saturated heterocycles. The average molecular weight is 601 g/mol. The van der Waals surface area contributed by atoms with Gasteiger partial charge in [-0.1, -0.05) is 13.8 Å². The number of ether oxygens (including phenoxy) is 1. The van der Waals surface area contributed by atoms with Gasteiger partial charge in [0.2, 0.25) is 11.8 Å². The number of fused-ring (bicyclic) bond motifs is 2. The number of hydrogen-bond donors (Lipinski definition) is 0. The van der Waals surface area contributed by atoms with Gasteiger partial charge in [0, 0.05) is 44.0 Å². The van der Waals surface area contributed by atoms with E-state index in [1.165, 1.54) is 0 Å². The first kappa shape index (κ1) is 25.6. The van der Waals surface area contributed by atoms with Crippen molar-refractivity contribution < 1.29 is 17.6 Å². The van der Waals surface area contributed by atoms with E-state index in [1.54, 1.807) is 6.92 Å². The largest absolute Gasteiger partial charge is 0.421 e. The van der Waals surface area contributed by atoms with Crippen LogP contribution in [0.15, 0.2) is 38.3 Å². The molecule has 6 rings (SSSR count). The number of halogens is 1. The molecule has 1 fully saturated rings. The molecule has 4 aromatic rings. The minimum absolute atomic E-state index is 0.0305. The predicted molar refractivity (Wildman–Crippen MR) is 146 cm³/mol. The Balaban J connectivity index is 1.64. The topological polar surface area (TPSA) is 112 Å². The van der Waals surface area contributed by atoms with Crippen LogP contribution in [0.25, 0.3) is 28.4 Å². The molecule has 200 valence electrons. The van der Waals surface area contributed by atoms with Gasteiger partial charge < -0.3 is 13.6 Å². The Kier molecular flexibility index (Phi) is 6.64. The summed E-state index contributed by atoms with van der Waals surface area (Å²) >= 11 is 3.58. The summed E-state index contributed by atoms with van der Waals surface area (Å²) in [5, 5.41) is 8.42. The molecule has 0 radical (unpaired) electrons. The number of aryl methyl sites for hydroxylation is 2. The highest BCUT2D eigenvalue weighted by Crippen LogP contribution is 2.48. The van der Waals surface area contributed by atoms with Crippen LogP contribution in [0.3, 0.4) is 0 Å². The first-order valence-corrected chi connectivity index (χ1v) is 15.5. The van der Waals surface area contributed by atoms with Crippen LogP contribution in [0.2, 0.25) is 0 Å². The maximum Gasteiger partial charge on any atom is 0.250 e. The number of hydrogen-bond acceptors (Lipinski definition) is 8. The van der Waals surface area contributed by atoms with Crippen LogP contribution < -0.4 is 0 Å². The minimum Gasteiger partial charge on any atom is -0.421 e. The minimum atomic E-state index is -3.63. The summed E-state index contributed by atoms with van der Waals surface area (Å²) in [6.07, 6.45) is 7.37. The van der Waals surface area contributed by atoms with Gasteiger partial charge in [-0.15, -0.1) is 10.2 Å². The van der Waals surface area contributed by atoms with E-state index in [2.05, 4.69) is 40.0 Å². The number of sulfone groups is 1. The van der Waals surface area contributed by atoms with Crippen LogP contribution >= 0.6 is 15.9 Å². The Labute approximate surface area is 230 Å². The quantitative estimate of drug-likeness (QED) is 0.289. The maximum absolute atomic E-state index is 13.8. The molecule has 0 N–H and O–H groups in total. The van der Waals surface area contributed by atoms with Gasteiger partial charge in [-0.05, 0) is 65.6 Å². The van der Waals surface area contributed by atoms with Crippen molar-refractivity contribution in [2.24, 2.45) is 11.8 Å². The SMILES string of the molecule is Cc1nnc(-c2c(CCC3CCOCC3)nc3c(c2-c2cn4cccc(Br)c4n2)S(=O)(=O)CC3C(C)C)o1. The van der Waals surface area contributed by atoms with Gasteiger partial charge in [0.05, 0.1) is 37.8 Å². The van der Waals surface area contributed by atoms with E-state index in [1.807, 2.05) is 28.9 Å². The molecule has 38 heavy (non-hydrogen) atoms. The lowest BCUT2D eigenvalue weighted by Crippen LogP contribution is -2.17. The molecular formula is C27H30BrN5O4S. The van der Waals surface area contributed by atoms with E-state index in [9.17, 15) is 8.42 Å². The first-order chi connectivity index (χ1) is 18.2. The van der Waals surface area contributed by atoms with Gasteiger partial charge in [-0.25, -0.2) is 13.4 Å². The lowest BCUT2D eigenvalue weighted by molar-refractivity contribution is 0.0639. The monoisotopic (exact) mass is 599 g/mol. The van der Waals surface area contributed by atoms with Crippen LogP contribution in [0.1, 0.15) is 56.3 Å². The predicted octanol–water partition coefficient (Wildman–Crippen LogP) is 5.40. The molecule has 0 saturated carbocycles. The zero-order valence-corrected chi connectivity index (χ0v) is 24.0. The maximum atomic E-state index is 13.8. The molecule has 2 aliphatic rings. The van der Waals surface area contributed by atoms with E-state index in [0.29, 0.717) is 46.4 Å². The molecule has 0 spiro atoms. The average Bonchev–Trinajstić information content (AvgIpc) is 3.58. The molecular weight excluding hydrogens is 570 g/mol. The zero-order chi connectivity index (χ0) is 26.6. The van der Waals surface area contributed by atoms with Gasteiger partial charge in [-0.3, -0.25) is 4.98 Å². The first-order valence-electron chi connectivity index (χ1n) is 13.0. The second kappa shape index (κ2) is 9.84. The highest BCUT2D eigenvalue weighted by molar-refractivity contribution is 9.10. The van der Waals surface area contributed by atoms with Crippen molar-refractivity contribution in [3.8, 4) is 22.7 Å². The van der Waals surface area contributed by atoms with Gasteiger partial charge in [-0.2, -0.15) is 0 Å². The van der Waals surface area contributed by atoms with Crippen molar-refractivity contribution in [3.63, 3.8) is 0 Å². The van der Waals surface area contributed by atoms with Crippen molar-refractivity contribution in [2.75, 3.05) is 19.0 Å². The second-order valence-electron chi connectivity index (χ2n) is 10.6. The molecule has 2 aliphatic heterocycles. The van der Waals surface area contributed by atoms with Crippen LogP contribution in [0, 0.1) is 18.8 Å². The Morgan fingerprint density at radius 1 is 1.16 bits per heavy atom. The number of pyridine rings is 2. The molecule has 0 amide bonds. The third-order valence-corrected chi connectivity index (χ3v) is 10.1. The number of nitrogens with zero attached hydrogens (tertiary/aromatic N) is 5. The Bertz CT molecular complexity index is 1620. The standard InChI is InChI=1S/C27H30BrN5O4S/c1-15(2)18-14-38(34,35)25-22(21-13-33-10-4-5-19(28)26(33)30-21)23(27-32-31-16(3)37-27)20(29-24(18)25)7-6-17-8-11-36-12-9-17/h4-5,10,13,15,17-18H,6-9,11-12,14H2,1-3H3. The molecule has 4 aromatic heterocycles. The van der Waals surface area contributed by atoms with E-state index in [0.717, 1.165) is 42.6 Å². The summed E-state index contributed by atoms with van der Waals surface area (Å²) in [6, 6.07) is 3.82. The lowest BCUT2D eigenvalue weighted by Gasteiger charge is -2.23. The Hall–Kier alpha value is -2.63. The summed E-state index contributed by atoms with van der Waals surface area (Å²) in [4.78, 5) is 10.2. The molecule has 1 unspecified atom stereocenters. The molecule has 1 atom stereocenters. The van der Waals surface area contributed by atoms with E-state index in [4.69, 9.17) is 19.1 Å². The van der Waals surface area contributed by atoms with E-state index >= 15 is 0 Å². The highest BCUT2D eigenvalue weighted by Gasteiger charge is 2.43. The number of imidazole rings is 1. The third kappa shape index (κ3) is 4.48. The van der Waals surface area contributed by atoms with E-state index < -0.39 is 9.84 Å². The van der Waals surface area contributed by atoms with Crippen LogP contribution in [0.5, 0.6) is 0 Å². The molecule has 0 aliphatic carbocycles. The van der Waals surface area contributed by atoms with Gasteiger partial charge in [0.1, 0.15) is 0 Å². The van der Waals surface area contributed by atoms with Crippen molar-refractivity contribution in [2.45, 2.75) is 57.3 Å². The summed E-state index contributed by atoms with van der Waals surface area (Å²) in [6.45, 7) is 7.37. The Morgan fingerprint density at radius 2 is 1.95 bits per heavy atom. The van der Waals surface area contributed by atoms with Crippen molar-refractivity contribution in [1.82, 2.24) is 24.6 Å². The van der Waals surface area contributed by atoms with Gasteiger partial charge >= 0.3 is 0 Å². The van der Waals surface area contributed by atoms with Crippen LogP contribution in [-0.2, 0) is 21.0 Å². The number of aromatic nitrogens is 5. The molecule has 11 heteroatoms.